The van der Waals surface area contributed by atoms with E-state index in [0.717, 1.165) is 35.4 Å². The maximum absolute atomic E-state index is 13.1. The Morgan fingerprint density at radius 2 is 1.75 bits per heavy atom. The molecule has 1 aliphatic heterocycles. The van der Waals surface area contributed by atoms with Crippen molar-refractivity contribution in [2.45, 2.75) is 6.54 Å². The van der Waals surface area contributed by atoms with Gasteiger partial charge in [0.1, 0.15) is 5.69 Å². The lowest BCUT2D eigenvalue weighted by atomic mass is 10.1. The standard InChI is InChI=1S/C19H18N4O/c1-22-10-11-23(18-9-5-2-6-14(18)13-22)19(24)17-12-20-15-7-3-4-8-16(15)21-17/h2-9,12H,10-11,13H2,1H3. The number of hydrogen-bond donors (Lipinski definition) is 0. The zero-order valence-electron chi connectivity index (χ0n) is 13.5. The molecule has 5 heteroatoms. The van der Waals surface area contributed by atoms with Crippen molar-refractivity contribution in [2.75, 3.05) is 25.0 Å². The quantitative estimate of drug-likeness (QED) is 0.692. The first-order chi connectivity index (χ1) is 11.7. The van der Waals surface area contributed by atoms with E-state index in [1.165, 1.54) is 0 Å². The second kappa shape index (κ2) is 6.02. The van der Waals surface area contributed by atoms with E-state index in [4.69, 9.17) is 0 Å². The first-order valence-corrected chi connectivity index (χ1v) is 8.02. The van der Waals surface area contributed by atoms with Crippen LogP contribution in [-0.2, 0) is 6.54 Å². The van der Waals surface area contributed by atoms with E-state index in [-0.39, 0.29) is 5.91 Å². The Morgan fingerprint density at radius 3 is 2.62 bits per heavy atom. The molecule has 4 rings (SSSR count). The fourth-order valence-corrected chi connectivity index (χ4v) is 3.08. The summed E-state index contributed by atoms with van der Waals surface area (Å²) >= 11 is 0. The van der Waals surface area contributed by atoms with Crippen LogP contribution in [0, 0.1) is 0 Å². The van der Waals surface area contributed by atoms with E-state index in [9.17, 15) is 4.79 Å². The summed E-state index contributed by atoms with van der Waals surface area (Å²) in [6.45, 7) is 2.30. The second-order valence-corrected chi connectivity index (χ2v) is 6.07. The van der Waals surface area contributed by atoms with Crippen molar-refractivity contribution in [1.82, 2.24) is 14.9 Å². The average Bonchev–Trinajstić information content (AvgIpc) is 2.79. The Kier molecular flexibility index (Phi) is 3.70. The Balaban J connectivity index is 1.75. The van der Waals surface area contributed by atoms with Crippen molar-refractivity contribution < 1.29 is 4.79 Å². The van der Waals surface area contributed by atoms with Gasteiger partial charge < -0.3 is 9.80 Å². The van der Waals surface area contributed by atoms with Crippen LogP contribution >= 0.6 is 0 Å². The summed E-state index contributed by atoms with van der Waals surface area (Å²) in [5.41, 5.74) is 4.03. The summed E-state index contributed by atoms with van der Waals surface area (Å²) in [6, 6.07) is 15.6. The fourth-order valence-electron chi connectivity index (χ4n) is 3.08. The number of likely N-dealkylation sites (N-methyl/N-ethyl adjacent to an activating group) is 1. The zero-order chi connectivity index (χ0) is 16.5. The van der Waals surface area contributed by atoms with Gasteiger partial charge in [-0.05, 0) is 30.8 Å². The Labute approximate surface area is 140 Å². The van der Waals surface area contributed by atoms with Gasteiger partial charge in [0.25, 0.3) is 5.91 Å². The van der Waals surface area contributed by atoms with Crippen LogP contribution in [0.2, 0.25) is 0 Å². The molecule has 0 saturated heterocycles. The first-order valence-electron chi connectivity index (χ1n) is 8.02. The van der Waals surface area contributed by atoms with Gasteiger partial charge in [0, 0.05) is 25.3 Å². The molecule has 3 aromatic rings. The minimum Gasteiger partial charge on any atom is -0.305 e. The topological polar surface area (TPSA) is 49.3 Å². The predicted octanol–water partition coefficient (Wildman–Crippen LogP) is 2.72. The zero-order valence-corrected chi connectivity index (χ0v) is 13.5. The first kappa shape index (κ1) is 14.8. The molecule has 0 unspecified atom stereocenters. The number of nitrogens with zero attached hydrogens (tertiary/aromatic N) is 4. The maximum Gasteiger partial charge on any atom is 0.278 e. The Morgan fingerprint density at radius 1 is 1.00 bits per heavy atom. The molecule has 0 radical (unpaired) electrons. The van der Waals surface area contributed by atoms with Crippen molar-refractivity contribution in [3.63, 3.8) is 0 Å². The van der Waals surface area contributed by atoms with E-state index in [1.54, 1.807) is 6.20 Å². The number of carbonyl (C=O) groups is 1. The van der Waals surface area contributed by atoms with Crippen molar-refractivity contribution >= 4 is 22.6 Å². The molecule has 2 aromatic carbocycles. The minimum atomic E-state index is -0.101. The Hall–Kier alpha value is -2.79. The summed E-state index contributed by atoms with van der Waals surface area (Å²) in [4.78, 5) is 26.0. The average molecular weight is 318 g/mol. The highest BCUT2D eigenvalue weighted by Gasteiger charge is 2.24. The molecule has 24 heavy (non-hydrogen) atoms. The number of aromatic nitrogens is 2. The van der Waals surface area contributed by atoms with Crippen LogP contribution in [0.4, 0.5) is 5.69 Å². The third kappa shape index (κ3) is 2.63. The smallest absolute Gasteiger partial charge is 0.278 e. The van der Waals surface area contributed by atoms with Gasteiger partial charge >= 0.3 is 0 Å². The van der Waals surface area contributed by atoms with Gasteiger partial charge in [0.2, 0.25) is 0 Å². The number of amides is 1. The normalized spacial score (nSPS) is 15.1. The van der Waals surface area contributed by atoms with Crippen molar-refractivity contribution in [3.8, 4) is 0 Å². The summed E-state index contributed by atoms with van der Waals surface area (Å²) < 4.78 is 0. The molecule has 5 nitrogen and oxygen atoms in total. The number of hydrogen-bond acceptors (Lipinski definition) is 4. The van der Waals surface area contributed by atoms with E-state index in [2.05, 4.69) is 28.0 Å². The highest BCUT2D eigenvalue weighted by atomic mass is 16.2. The molecule has 0 fully saturated rings. The van der Waals surface area contributed by atoms with Crippen LogP contribution in [0.1, 0.15) is 16.1 Å². The summed E-state index contributed by atoms with van der Waals surface area (Å²) in [5.74, 6) is -0.101. The minimum absolute atomic E-state index is 0.101. The molecule has 1 amide bonds. The molecule has 0 aliphatic carbocycles. The lowest BCUT2D eigenvalue weighted by Gasteiger charge is -2.22. The van der Waals surface area contributed by atoms with Crippen LogP contribution in [0.5, 0.6) is 0 Å². The van der Waals surface area contributed by atoms with Crippen molar-refractivity contribution in [1.29, 1.82) is 0 Å². The number of benzene rings is 2. The van der Waals surface area contributed by atoms with E-state index in [0.29, 0.717) is 12.2 Å². The summed E-state index contributed by atoms with van der Waals surface area (Å²) in [6.07, 6.45) is 1.57. The molecule has 1 aromatic heterocycles. The number of rotatable bonds is 1. The molecular formula is C19H18N4O. The Bertz CT molecular complexity index is 909. The lowest BCUT2D eigenvalue weighted by Crippen LogP contribution is -2.35. The number of carbonyl (C=O) groups excluding carboxylic acids is 1. The highest BCUT2D eigenvalue weighted by molar-refractivity contribution is 6.05. The van der Waals surface area contributed by atoms with E-state index < -0.39 is 0 Å². The fraction of sp³-hybridized carbons (Fsp3) is 0.211. The van der Waals surface area contributed by atoms with Gasteiger partial charge in [-0.15, -0.1) is 0 Å². The third-order valence-corrected chi connectivity index (χ3v) is 4.34. The van der Waals surface area contributed by atoms with Gasteiger partial charge in [0.05, 0.1) is 17.2 Å². The highest BCUT2D eigenvalue weighted by Crippen LogP contribution is 2.25. The molecular weight excluding hydrogens is 300 g/mol. The molecule has 120 valence electrons. The molecule has 1 aliphatic rings. The van der Waals surface area contributed by atoms with Gasteiger partial charge in [-0.1, -0.05) is 30.3 Å². The van der Waals surface area contributed by atoms with Gasteiger partial charge in [-0.2, -0.15) is 0 Å². The van der Waals surface area contributed by atoms with Crippen LogP contribution in [0.3, 0.4) is 0 Å². The van der Waals surface area contributed by atoms with Gasteiger partial charge in [-0.3, -0.25) is 9.78 Å². The van der Waals surface area contributed by atoms with Gasteiger partial charge in [0.15, 0.2) is 0 Å². The number of fused-ring (bicyclic) bond motifs is 2. The predicted molar refractivity (Wildman–Crippen MR) is 94.0 cm³/mol. The maximum atomic E-state index is 13.1. The van der Waals surface area contributed by atoms with Crippen LogP contribution in [0.25, 0.3) is 11.0 Å². The lowest BCUT2D eigenvalue weighted by molar-refractivity contribution is 0.0981. The molecule has 0 atom stereocenters. The van der Waals surface area contributed by atoms with Crippen molar-refractivity contribution in [2.24, 2.45) is 0 Å². The monoisotopic (exact) mass is 318 g/mol. The van der Waals surface area contributed by atoms with E-state index >= 15 is 0 Å². The summed E-state index contributed by atoms with van der Waals surface area (Å²) in [5, 5.41) is 0. The van der Waals surface area contributed by atoms with Crippen LogP contribution in [-0.4, -0.2) is 40.9 Å². The number of para-hydroxylation sites is 3. The molecule has 0 N–H and O–H groups in total. The molecule has 2 heterocycles. The second-order valence-electron chi connectivity index (χ2n) is 6.07. The summed E-state index contributed by atoms with van der Waals surface area (Å²) in [7, 11) is 2.07. The van der Waals surface area contributed by atoms with E-state index in [1.807, 2.05) is 47.4 Å². The largest absolute Gasteiger partial charge is 0.305 e. The third-order valence-electron chi connectivity index (χ3n) is 4.34. The molecule has 0 saturated carbocycles. The SMILES string of the molecule is CN1CCN(C(=O)c2cnc3ccccc3n2)c2ccccc2C1. The van der Waals surface area contributed by atoms with Crippen LogP contribution in [0.15, 0.2) is 54.7 Å². The number of anilines is 1. The van der Waals surface area contributed by atoms with Crippen molar-refractivity contribution in [3.05, 3.63) is 66.0 Å². The van der Waals surface area contributed by atoms with Crippen LogP contribution < -0.4 is 4.90 Å². The molecule has 0 spiro atoms. The molecule has 0 bridgehead atoms. The van der Waals surface area contributed by atoms with Gasteiger partial charge in [-0.25, -0.2) is 4.98 Å².